The van der Waals surface area contributed by atoms with Gasteiger partial charge in [-0.3, -0.25) is 4.79 Å². The molecule has 8 heteroatoms. The number of benzene rings is 2. The summed E-state index contributed by atoms with van der Waals surface area (Å²) in [7, 11) is 1.56. The molecule has 0 amide bonds. The SMILES string of the molecule is C=CCc1c(OCC(O)CO)cc2oc(-c3ccc(OC)cc3)cc(=O)c2c1O.CC=CO. The Labute approximate surface area is 191 Å². The van der Waals surface area contributed by atoms with Crippen molar-refractivity contribution in [2.75, 3.05) is 20.3 Å². The lowest BCUT2D eigenvalue weighted by atomic mass is 10.0. The maximum absolute atomic E-state index is 12.7. The third-order valence-corrected chi connectivity index (χ3v) is 4.57. The molecule has 4 N–H and O–H groups in total. The van der Waals surface area contributed by atoms with Crippen LogP contribution in [0.3, 0.4) is 0 Å². The summed E-state index contributed by atoms with van der Waals surface area (Å²) in [5.41, 5.74) is 0.753. The first-order valence-corrected chi connectivity index (χ1v) is 10.1. The average Bonchev–Trinajstić information content (AvgIpc) is 2.84. The summed E-state index contributed by atoms with van der Waals surface area (Å²) in [5.74, 6) is 0.965. The summed E-state index contributed by atoms with van der Waals surface area (Å²) >= 11 is 0. The molecule has 1 aromatic heterocycles. The minimum Gasteiger partial charge on any atom is -0.516 e. The van der Waals surface area contributed by atoms with Crippen LogP contribution in [0, 0.1) is 0 Å². The van der Waals surface area contributed by atoms with Gasteiger partial charge in [0.05, 0.1) is 20.0 Å². The van der Waals surface area contributed by atoms with Gasteiger partial charge in [-0.1, -0.05) is 12.2 Å². The minimum atomic E-state index is -1.08. The molecule has 3 rings (SSSR count). The third-order valence-electron chi connectivity index (χ3n) is 4.57. The van der Waals surface area contributed by atoms with Crippen molar-refractivity contribution >= 4 is 11.0 Å². The molecule has 0 aliphatic carbocycles. The number of aliphatic hydroxyl groups is 3. The normalized spacial score (nSPS) is 11.6. The standard InChI is InChI=1S/C22H22O7.C3H6O/c1-3-4-16-19(28-12-14(24)11-23)10-20-21(22(16)26)17(25)9-18(29-20)13-5-7-15(27-2)8-6-13;1-2-3-4/h3,5-10,14,23-24,26H,1,4,11-12H2,2H3;2-4H,1H3. The van der Waals surface area contributed by atoms with Crippen LogP contribution in [-0.2, 0) is 6.42 Å². The van der Waals surface area contributed by atoms with Crippen LogP contribution in [0.25, 0.3) is 22.3 Å². The predicted molar refractivity (Wildman–Crippen MR) is 126 cm³/mol. The zero-order valence-electron chi connectivity index (χ0n) is 18.5. The number of aromatic hydroxyl groups is 1. The molecule has 0 radical (unpaired) electrons. The van der Waals surface area contributed by atoms with Crippen LogP contribution in [0.15, 0.2) is 70.6 Å². The van der Waals surface area contributed by atoms with Gasteiger partial charge in [0.15, 0.2) is 5.43 Å². The van der Waals surface area contributed by atoms with E-state index in [1.165, 1.54) is 12.1 Å². The summed E-state index contributed by atoms with van der Waals surface area (Å²) in [5, 5.41) is 37.0. The second-order valence-corrected chi connectivity index (χ2v) is 6.90. The van der Waals surface area contributed by atoms with Gasteiger partial charge in [-0.15, -0.1) is 6.58 Å². The fraction of sp³-hybridized carbons (Fsp3) is 0.240. The van der Waals surface area contributed by atoms with E-state index in [0.717, 1.165) is 6.26 Å². The zero-order valence-corrected chi connectivity index (χ0v) is 18.5. The molecule has 3 aromatic rings. The number of fused-ring (bicyclic) bond motifs is 1. The van der Waals surface area contributed by atoms with Gasteiger partial charge < -0.3 is 34.3 Å². The average molecular weight is 456 g/mol. The van der Waals surface area contributed by atoms with Gasteiger partial charge in [-0.05, 0) is 37.6 Å². The Kier molecular flexibility index (Phi) is 9.53. The van der Waals surface area contributed by atoms with Crippen molar-refractivity contribution in [3.05, 3.63) is 77.2 Å². The lowest BCUT2D eigenvalue weighted by molar-refractivity contribution is 0.0533. The molecule has 0 aliphatic rings. The fourth-order valence-corrected chi connectivity index (χ4v) is 2.93. The van der Waals surface area contributed by atoms with Gasteiger partial charge in [0.25, 0.3) is 0 Å². The maximum Gasteiger partial charge on any atom is 0.197 e. The second kappa shape index (κ2) is 12.3. The molecule has 0 saturated heterocycles. The molecule has 1 heterocycles. The lowest BCUT2D eigenvalue weighted by Gasteiger charge is -2.16. The number of phenolic OH excluding ortho intramolecular Hbond substituents is 1. The molecule has 2 aromatic carbocycles. The van der Waals surface area contributed by atoms with E-state index >= 15 is 0 Å². The Morgan fingerprint density at radius 3 is 2.42 bits per heavy atom. The van der Waals surface area contributed by atoms with Crippen molar-refractivity contribution in [3.63, 3.8) is 0 Å². The van der Waals surface area contributed by atoms with E-state index in [2.05, 4.69) is 6.58 Å². The Morgan fingerprint density at radius 2 is 1.88 bits per heavy atom. The number of ether oxygens (including phenoxy) is 2. The summed E-state index contributed by atoms with van der Waals surface area (Å²) in [6.07, 6.45) is 3.28. The predicted octanol–water partition coefficient (Wildman–Crippen LogP) is 3.71. The number of hydrogen-bond acceptors (Lipinski definition) is 8. The molecule has 176 valence electrons. The van der Waals surface area contributed by atoms with Crippen LogP contribution < -0.4 is 14.9 Å². The van der Waals surface area contributed by atoms with E-state index in [1.54, 1.807) is 50.5 Å². The quantitative estimate of drug-likeness (QED) is 0.298. The van der Waals surface area contributed by atoms with Gasteiger partial charge in [0, 0.05) is 23.3 Å². The van der Waals surface area contributed by atoms with Gasteiger partial charge in [-0.25, -0.2) is 0 Å². The van der Waals surface area contributed by atoms with E-state index in [0.29, 0.717) is 22.6 Å². The first-order valence-electron chi connectivity index (χ1n) is 10.1. The van der Waals surface area contributed by atoms with E-state index in [-0.39, 0.29) is 35.5 Å². The van der Waals surface area contributed by atoms with Crippen molar-refractivity contribution in [3.8, 4) is 28.6 Å². The number of hydrogen-bond donors (Lipinski definition) is 4. The van der Waals surface area contributed by atoms with E-state index in [1.807, 2.05) is 0 Å². The Hall–Kier alpha value is -3.75. The van der Waals surface area contributed by atoms with Crippen LogP contribution >= 0.6 is 0 Å². The highest BCUT2D eigenvalue weighted by molar-refractivity contribution is 5.88. The summed E-state index contributed by atoms with van der Waals surface area (Å²) < 4.78 is 16.6. The van der Waals surface area contributed by atoms with Crippen molar-refractivity contribution in [2.45, 2.75) is 19.4 Å². The van der Waals surface area contributed by atoms with Crippen LogP contribution in [0.2, 0.25) is 0 Å². The highest BCUT2D eigenvalue weighted by Gasteiger charge is 2.19. The van der Waals surface area contributed by atoms with E-state index in [9.17, 15) is 15.0 Å². The van der Waals surface area contributed by atoms with Gasteiger partial charge in [0.2, 0.25) is 0 Å². The van der Waals surface area contributed by atoms with E-state index in [4.69, 9.17) is 24.1 Å². The number of allylic oxidation sites excluding steroid dienone is 2. The van der Waals surface area contributed by atoms with Crippen LogP contribution in [0.1, 0.15) is 12.5 Å². The number of rotatable bonds is 8. The van der Waals surface area contributed by atoms with Crippen molar-refractivity contribution < 1.29 is 34.3 Å². The molecule has 0 aliphatic heterocycles. The molecule has 33 heavy (non-hydrogen) atoms. The lowest BCUT2D eigenvalue weighted by Crippen LogP contribution is -2.21. The summed E-state index contributed by atoms with van der Waals surface area (Å²) in [6, 6.07) is 9.81. The second-order valence-electron chi connectivity index (χ2n) is 6.90. The molecule has 8 nitrogen and oxygen atoms in total. The number of aliphatic hydroxyl groups excluding tert-OH is 3. The topological polar surface area (TPSA) is 130 Å². The first kappa shape index (κ1) is 25.5. The molecule has 1 atom stereocenters. The number of phenols is 1. The zero-order chi connectivity index (χ0) is 24.4. The minimum absolute atomic E-state index is 0.0363. The van der Waals surface area contributed by atoms with Crippen molar-refractivity contribution in [2.24, 2.45) is 0 Å². The monoisotopic (exact) mass is 456 g/mol. The van der Waals surface area contributed by atoms with Crippen LogP contribution in [-0.4, -0.2) is 46.9 Å². The Bertz CT molecular complexity index is 1140. The van der Waals surface area contributed by atoms with Crippen LogP contribution in [0.5, 0.6) is 17.2 Å². The fourth-order valence-electron chi connectivity index (χ4n) is 2.93. The number of methoxy groups -OCH3 is 1. The van der Waals surface area contributed by atoms with Gasteiger partial charge >= 0.3 is 0 Å². The largest absolute Gasteiger partial charge is 0.516 e. The Balaban J connectivity index is 0.000000890. The molecular weight excluding hydrogens is 428 g/mol. The maximum atomic E-state index is 12.7. The molecule has 0 spiro atoms. The summed E-state index contributed by atoms with van der Waals surface area (Å²) in [4.78, 5) is 12.7. The third kappa shape index (κ3) is 6.38. The van der Waals surface area contributed by atoms with E-state index < -0.39 is 18.1 Å². The first-order chi connectivity index (χ1) is 15.9. The highest BCUT2D eigenvalue weighted by atomic mass is 16.5. The van der Waals surface area contributed by atoms with Gasteiger partial charge in [0.1, 0.15) is 46.7 Å². The molecule has 0 bridgehead atoms. The Morgan fingerprint density at radius 1 is 1.21 bits per heavy atom. The smallest absolute Gasteiger partial charge is 0.197 e. The van der Waals surface area contributed by atoms with Crippen molar-refractivity contribution in [1.29, 1.82) is 0 Å². The molecule has 1 unspecified atom stereocenters. The molecular formula is C25H28O8. The molecule has 0 saturated carbocycles. The van der Waals surface area contributed by atoms with Crippen molar-refractivity contribution in [1.82, 2.24) is 0 Å². The highest BCUT2D eigenvalue weighted by Crippen LogP contribution is 2.37. The molecule has 0 fully saturated rings. The van der Waals surface area contributed by atoms with Crippen LogP contribution in [0.4, 0.5) is 0 Å². The summed E-state index contributed by atoms with van der Waals surface area (Å²) in [6.45, 7) is 4.75. The van der Waals surface area contributed by atoms with Gasteiger partial charge in [-0.2, -0.15) is 0 Å².